The highest BCUT2D eigenvalue weighted by Crippen LogP contribution is 2.57. The van der Waals surface area contributed by atoms with Gasteiger partial charge in [0.1, 0.15) is 5.75 Å². The first-order valence-electron chi connectivity index (χ1n) is 11.9. The van der Waals surface area contributed by atoms with Crippen LogP contribution in [0.15, 0.2) is 18.2 Å². The lowest BCUT2D eigenvalue weighted by molar-refractivity contribution is -0.168. The largest absolute Gasteiger partial charge is 0.493 e. The SMILES string of the molecule is O=C1C(Cc2ccc(OCC3CC3)cc2Cl)CCN1C1C2CC3CC1CC(O)(C3)C2. The van der Waals surface area contributed by atoms with E-state index in [0.29, 0.717) is 41.1 Å². The van der Waals surface area contributed by atoms with Crippen molar-refractivity contribution in [1.29, 1.82) is 0 Å². The van der Waals surface area contributed by atoms with E-state index in [1.54, 1.807) is 0 Å². The van der Waals surface area contributed by atoms with Gasteiger partial charge in [-0.3, -0.25) is 4.79 Å². The summed E-state index contributed by atoms with van der Waals surface area (Å²) >= 11 is 6.55. The van der Waals surface area contributed by atoms with E-state index in [2.05, 4.69) is 4.90 Å². The van der Waals surface area contributed by atoms with Crippen molar-refractivity contribution in [2.45, 2.75) is 69.4 Å². The second-order valence-electron chi connectivity index (χ2n) is 10.9. The maximum atomic E-state index is 13.4. The Morgan fingerprint density at radius 3 is 2.57 bits per heavy atom. The normalized spacial score (nSPS) is 39.7. The van der Waals surface area contributed by atoms with Crippen molar-refractivity contribution in [3.8, 4) is 5.75 Å². The molecule has 1 heterocycles. The minimum absolute atomic E-state index is 0.0287. The summed E-state index contributed by atoms with van der Waals surface area (Å²) in [6, 6.07) is 6.31. The number of amides is 1. The van der Waals surface area contributed by atoms with Crippen LogP contribution in [0.2, 0.25) is 5.02 Å². The highest BCUT2D eigenvalue weighted by atomic mass is 35.5. The first-order valence-corrected chi connectivity index (χ1v) is 12.3. The Morgan fingerprint density at radius 1 is 1.13 bits per heavy atom. The number of hydrogen-bond acceptors (Lipinski definition) is 3. The summed E-state index contributed by atoms with van der Waals surface area (Å²) in [5, 5.41) is 11.6. The summed E-state index contributed by atoms with van der Waals surface area (Å²) in [7, 11) is 0. The zero-order valence-corrected chi connectivity index (χ0v) is 18.3. The summed E-state index contributed by atoms with van der Waals surface area (Å²) in [5.41, 5.74) is 0.612. The van der Waals surface area contributed by atoms with Crippen LogP contribution in [0.3, 0.4) is 0 Å². The fourth-order valence-electron chi connectivity index (χ4n) is 7.26. The van der Waals surface area contributed by atoms with Gasteiger partial charge in [0.25, 0.3) is 0 Å². The molecule has 1 N–H and O–H groups in total. The molecule has 3 unspecified atom stereocenters. The smallest absolute Gasteiger partial charge is 0.226 e. The van der Waals surface area contributed by atoms with Crippen molar-refractivity contribution in [2.24, 2.45) is 29.6 Å². The average Bonchev–Trinajstić information content (AvgIpc) is 3.45. The molecular formula is C25H32ClNO3. The van der Waals surface area contributed by atoms with Gasteiger partial charge in [-0.15, -0.1) is 0 Å². The van der Waals surface area contributed by atoms with Gasteiger partial charge in [-0.1, -0.05) is 17.7 Å². The van der Waals surface area contributed by atoms with E-state index in [-0.39, 0.29) is 5.92 Å². The van der Waals surface area contributed by atoms with Gasteiger partial charge in [-0.25, -0.2) is 0 Å². The predicted octanol–water partition coefficient (Wildman–Crippen LogP) is 4.46. The second-order valence-corrected chi connectivity index (χ2v) is 11.3. The number of hydrogen-bond donors (Lipinski definition) is 1. The zero-order chi connectivity index (χ0) is 20.5. The van der Waals surface area contributed by atoms with E-state index in [4.69, 9.17) is 16.3 Å². The van der Waals surface area contributed by atoms with Crippen LogP contribution in [0.1, 0.15) is 56.9 Å². The molecule has 7 rings (SSSR count). The van der Waals surface area contributed by atoms with Crippen LogP contribution < -0.4 is 4.74 Å². The summed E-state index contributed by atoms with van der Waals surface area (Å²) in [6.07, 6.45) is 9.36. The Morgan fingerprint density at radius 2 is 1.90 bits per heavy atom. The van der Waals surface area contributed by atoms with E-state index >= 15 is 0 Å². The minimum atomic E-state index is -0.438. The van der Waals surface area contributed by atoms with Crippen molar-refractivity contribution in [1.82, 2.24) is 4.90 Å². The number of carbonyl (C=O) groups excluding carboxylic acids is 1. The topological polar surface area (TPSA) is 49.8 Å². The van der Waals surface area contributed by atoms with Crippen molar-refractivity contribution in [3.05, 3.63) is 28.8 Å². The third-order valence-electron chi connectivity index (χ3n) is 8.58. The van der Waals surface area contributed by atoms with Crippen molar-refractivity contribution in [3.63, 3.8) is 0 Å². The molecule has 3 atom stereocenters. The molecule has 162 valence electrons. The Hall–Kier alpha value is -1.26. The predicted molar refractivity (Wildman–Crippen MR) is 115 cm³/mol. The molecule has 0 aromatic heterocycles. The minimum Gasteiger partial charge on any atom is -0.493 e. The van der Waals surface area contributed by atoms with Crippen LogP contribution in [-0.4, -0.2) is 40.7 Å². The van der Waals surface area contributed by atoms with Crippen LogP contribution in [0.5, 0.6) is 5.75 Å². The summed E-state index contributed by atoms with van der Waals surface area (Å²) in [4.78, 5) is 15.6. The number of benzene rings is 1. The number of likely N-dealkylation sites (tertiary alicyclic amines) is 1. The van der Waals surface area contributed by atoms with Crippen LogP contribution in [-0.2, 0) is 11.2 Å². The van der Waals surface area contributed by atoms with E-state index in [9.17, 15) is 9.90 Å². The Balaban J connectivity index is 1.12. The lowest BCUT2D eigenvalue weighted by atomic mass is 9.52. The van der Waals surface area contributed by atoms with Gasteiger partial charge in [0.15, 0.2) is 0 Å². The van der Waals surface area contributed by atoms with Gasteiger partial charge in [0.05, 0.1) is 12.2 Å². The lowest BCUT2D eigenvalue weighted by Gasteiger charge is -2.59. The molecule has 1 saturated heterocycles. The number of aliphatic hydroxyl groups is 1. The fraction of sp³-hybridized carbons (Fsp3) is 0.720. The van der Waals surface area contributed by atoms with Crippen molar-refractivity contribution < 1.29 is 14.6 Å². The van der Waals surface area contributed by atoms with Crippen LogP contribution in [0, 0.1) is 29.6 Å². The third-order valence-corrected chi connectivity index (χ3v) is 8.93. The molecule has 5 saturated carbocycles. The van der Waals surface area contributed by atoms with E-state index in [1.807, 2.05) is 18.2 Å². The standard InChI is InChI=1S/C25H32ClNO3/c26-22-10-21(30-14-15-1-2-15)4-3-17(22)9-18-5-6-27(24(18)28)23-19-7-16-8-20(23)13-25(29,11-16)12-19/h3-4,10,15-16,18-20,23,29H,1-2,5-9,11-14H2. The van der Waals surface area contributed by atoms with Crippen LogP contribution in [0.4, 0.5) is 0 Å². The monoisotopic (exact) mass is 429 g/mol. The number of nitrogens with zero attached hydrogens (tertiary/aromatic N) is 1. The first-order chi connectivity index (χ1) is 14.5. The molecule has 4 nitrogen and oxygen atoms in total. The highest BCUT2D eigenvalue weighted by molar-refractivity contribution is 6.31. The van der Waals surface area contributed by atoms with Gasteiger partial charge in [0.2, 0.25) is 5.91 Å². The summed E-state index contributed by atoms with van der Waals surface area (Å²) in [5.74, 6) is 3.56. The van der Waals surface area contributed by atoms with Gasteiger partial charge in [-0.2, -0.15) is 0 Å². The van der Waals surface area contributed by atoms with Crippen molar-refractivity contribution in [2.75, 3.05) is 13.2 Å². The molecule has 0 radical (unpaired) electrons. The molecule has 5 aliphatic carbocycles. The molecule has 1 aromatic carbocycles. The molecule has 1 aliphatic heterocycles. The van der Waals surface area contributed by atoms with Gasteiger partial charge >= 0.3 is 0 Å². The molecule has 4 bridgehead atoms. The molecule has 1 amide bonds. The Labute approximate surface area is 183 Å². The average molecular weight is 430 g/mol. The molecule has 6 fully saturated rings. The maximum Gasteiger partial charge on any atom is 0.226 e. The van der Waals surface area contributed by atoms with Crippen molar-refractivity contribution >= 4 is 17.5 Å². The second kappa shape index (κ2) is 7.13. The summed E-state index contributed by atoms with van der Waals surface area (Å²) in [6.45, 7) is 1.65. The molecule has 0 spiro atoms. The molecular weight excluding hydrogens is 398 g/mol. The Kier molecular flexibility index (Phi) is 4.62. The third kappa shape index (κ3) is 3.44. The number of halogens is 1. The van der Waals surface area contributed by atoms with Gasteiger partial charge in [-0.05, 0) is 99.2 Å². The fourth-order valence-corrected chi connectivity index (χ4v) is 7.51. The van der Waals surface area contributed by atoms with Crippen LogP contribution >= 0.6 is 11.6 Å². The maximum absolute atomic E-state index is 13.4. The van der Waals surface area contributed by atoms with E-state index in [0.717, 1.165) is 56.1 Å². The molecule has 30 heavy (non-hydrogen) atoms. The summed E-state index contributed by atoms with van der Waals surface area (Å²) < 4.78 is 5.84. The zero-order valence-electron chi connectivity index (χ0n) is 17.6. The highest BCUT2D eigenvalue weighted by Gasteiger charge is 2.57. The molecule has 6 aliphatic rings. The quantitative estimate of drug-likeness (QED) is 0.726. The van der Waals surface area contributed by atoms with Gasteiger partial charge < -0.3 is 14.7 Å². The number of carbonyl (C=O) groups is 1. The van der Waals surface area contributed by atoms with Crippen LogP contribution in [0.25, 0.3) is 0 Å². The molecule has 1 aromatic rings. The lowest BCUT2D eigenvalue weighted by Crippen LogP contribution is -2.62. The molecule has 5 heteroatoms. The van der Waals surface area contributed by atoms with Gasteiger partial charge in [0, 0.05) is 23.5 Å². The van der Waals surface area contributed by atoms with E-state index in [1.165, 1.54) is 25.7 Å². The first kappa shape index (κ1) is 19.4. The number of ether oxygens (including phenoxy) is 1. The Bertz CT molecular complexity index is 837. The number of rotatable bonds is 6. The van der Waals surface area contributed by atoms with E-state index < -0.39 is 5.60 Å².